The third-order valence-electron chi connectivity index (χ3n) is 2.69. The van der Waals surface area contributed by atoms with Gasteiger partial charge in [0.15, 0.2) is 0 Å². The molecule has 0 bridgehead atoms. The molecule has 1 aromatic rings. The highest BCUT2D eigenvalue weighted by Gasteiger charge is 2.33. The topological polar surface area (TPSA) is 39.7 Å². The van der Waals surface area contributed by atoms with Crippen LogP contribution in [0.25, 0.3) is 0 Å². The number of nitrogens with one attached hydrogen (secondary N) is 1. The van der Waals surface area contributed by atoms with E-state index in [0.717, 1.165) is 30.3 Å². The first kappa shape index (κ1) is 11.1. The minimum atomic E-state index is -0.114. The van der Waals surface area contributed by atoms with Gasteiger partial charge in [0.1, 0.15) is 22.8 Å². The van der Waals surface area contributed by atoms with Gasteiger partial charge in [-0.25, -0.2) is 0 Å². The quantitative estimate of drug-likeness (QED) is 0.838. The average Bonchev–Trinajstić information content (AvgIpc) is 2.26. The van der Waals surface area contributed by atoms with Gasteiger partial charge in [0.25, 0.3) is 0 Å². The van der Waals surface area contributed by atoms with E-state index in [1.54, 1.807) is 14.2 Å². The van der Waals surface area contributed by atoms with Crippen molar-refractivity contribution in [3.8, 4) is 17.2 Å². The monoisotopic (exact) mass is 223 g/mol. The number of hydrogen-bond acceptors (Lipinski definition) is 4. The highest BCUT2D eigenvalue weighted by molar-refractivity contribution is 5.42. The Morgan fingerprint density at radius 2 is 1.50 bits per heavy atom. The maximum absolute atomic E-state index is 5.90. The lowest BCUT2D eigenvalue weighted by Gasteiger charge is -2.39. The van der Waals surface area contributed by atoms with E-state index in [1.807, 2.05) is 18.2 Å². The van der Waals surface area contributed by atoms with Crippen molar-refractivity contribution in [1.29, 1.82) is 0 Å². The second-order valence-electron chi connectivity index (χ2n) is 4.20. The summed E-state index contributed by atoms with van der Waals surface area (Å²) in [5.74, 6) is 2.26. The van der Waals surface area contributed by atoms with Gasteiger partial charge in [0.2, 0.25) is 0 Å². The summed E-state index contributed by atoms with van der Waals surface area (Å²) >= 11 is 0. The van der Waals surface area contributed by atoms with Crippen LogP contribution in [0.3, 0.4) is 0 Å². The number of methoxy groups -OCH3 is 2. The fraction of sp³-hybridized carbons (Fsp3) is 0.500. The molecule has 4 nitrogen and oxygen atoms in total. The Kier molecular flexibility index (Phi) is 2.92. The van der Waals surface area contributed by atoms with Crippen molar-refractivity contribution in [1.82, 2.24) is 5.32 Å². The average molecular weight is 223 g/mol. The molecule has 4 heteroatoms. The van der Waals surface area contributed by atoms with E-state index in [0.29, 0.717) is 0 Å². The van der Waals surface area contributed by atoms with Crippen molar-refractivity contribution in [2.24, 2.45) is 0 Å². The van der Waals surface area contributed by atoms with Crippen LogP contribution in [0.5, 0.6) is 17.2 Å². The van der Waals surface area contributed by atoms with Gasteiger partial charge in [-0.1, -0.05) is 0 Å². The lowest BCUT2D eigenvalue weighted by atomic mass is 10.00. The van der Waals surface area contributed by atoms with Gasteiger partial charge in [-0.15, -0.1) is 0 Å². The Morgan fingerprint density at radius 3 is 1.88 bits per heavy atom. The molecular formula is C12H17NO3. The molecule has 16 heavy (non-hydrogen) atoms. The summed E-state index contributed by atoms with van der Waals surface area (Å²) in [6.45, 7) is 3.81. The van der Waals surface area contributed by atoms with Crippen LogP contribution in [0.2, 0.25) is 0 Å². The summed E-state index contributed by atoms with van der Waals surface area (Å²) < 4.78 is 16.3. The van der Waals surface area contributed by atoms with Gasteiger partial charge in [0.05, 0.1) is 14.2 Å². The van der Waals surface area contributed by atoms with E-state index in [1.165, 1.54) is 0 Å². The van der Waals surface area contributed by atoms with Gasteiger partial charge < -0.3 is 19.5 Å². The first-order chi connectivity index (χ1) is 7.65. The lowest BCUT2D eigenvalue weighted by molar-refractivity contribution is 0.0345. The minimum Gasteiger partial charge on any atom is -0.496 e. The summed E-state index contributed by atoms with van der Waals surface area (Å²) in [6.07, 6.45) is 0. The zero-order valence-corrected chi connectivity index (χ0v) is 9.87. The van der Waals surface area contributed by atoms with Crippen LogP contribution in [-0.2, 0) is 0 Å². The molecule has 0 unspecified atom stereocenters. The Labute approximate surface area is 95.5 Å². The van der Waals surface area contributed by atoms with Gasteiger partial charge >= 0.3 is 0 Å². The SMILES string of the molecule is COc1cc(OC)cc(OC2(C)CNC2)c1. The Morgan fingerprint density at radius 1 is 1.00 bits per heavy atom. The van der Waals surface area contributed by atoms with Crippen LogP contribution in [0.4, 0.5) is 0 Å². The van der Waals surface area contributed by atoms with Gasteiger partial charge in [-0.05, 0) is 6.92 Å². The molecule has 2 rings (SSSR count). The third-order valence-corrected chi connectivity index (χ3v) is 2.69. The maximum atomic E-state index is 5.90. The minimum absolute atomic E-state index is 0.114. The fourth-order valence-electron chi connectivity index (χ4n) is 1.67. The van der Waals surface area contributed by atoms with E-state index < -0.39 is 0 Å². The summed E-state index contributed by atoms with van der Waals surface area (Å²) in [4.78, 5) is 0. The molecule has 1 aliphatic heterocycles. The number of hydrogen-bond donors (Lipinski definition) is 1. The third kappa shape index (κ3) is 2.22. The molecule has 0 amide bonds. The molecule has 1 aliphatic rings. The van der Waals surface area contributed by atoms with Gasteiger partial charge in [-0.2, -0.15) is 0 Å². The summed E-state index contributed by atoms with van der Waals surface area (Å²) in [7, 11) is 3.26. The zero-order chi connectivity index (χ0) is 11.6. The Bertz CT molecular complexity index is 352. The van der Waals surface area contributed by atoms with Gasteiger partial charge in [0, 0.05) is 31.3 Å². The lowest BCUT2D eigenvalue weighted by Crippen LogP contribution is -2.61. The van der Waals surface area contributed by atoms with Crippen LogP contribution < -0.4 is 19.5 Å². The van der Waals surface area contributed by atoms with Crippen molar-refractivity contribution >= 4 is 0 Å². The second kappa shape index (κ2) is 4.22. The van der Waals surface area contributed by atoms with E-state index >= 15 is 0 Å². The first-order valence-corrected chi connectivity index (χ1v) is 5.28. The van der Waals surface area contributed by atoms with Crippen LogP contribution in [0, 0.1) is 0 Å². The van der Waals surface area contributed by atoms with Crippen molar-refractivity contribution in [3.63, 3.8) is 0 Å². The molecule has 88 valence electrons. The Hall–Kier alpha value is -1.42. The molecule has 0 aliphatic carbocycles. The molecule has 1 N–H and O–H groups in total. The van der Waals surface area contributed by atoms with Crippen LogP contribution in [-0.4, -0.2) is 32.9 Å². The van der Waals surface area contributed by atoms with E-state index in [-0.39, 0.29) is 5.60 Å². The molecule has 1 saturated heterocycles. The number of ether oxygens (including phenoxy) is 3. The molecule has 0 atom stereocenters. The highest BCUT2D eigenvalue weighted by atomic mass is 16.5. The Balaban J connectivity index is 2.18. The number of rotatable bonds is 4. The van der Waals surface area contributed by atoms with Gasteiger partial charge in [-0.3, -0.25) is 0 Å². The van der Waals surface area contributed by atoms with Crippen LogP contribution in [0.1, 0.15) is 6.92 Å². The molecule has 0 radical (unpaired) electrons. The number of benzene rings is 1. The summed E-state index contributed by atoms with van der Waals surface area (Å²) in [6, 6.07) is 5.56. The fourth-order valence-corrected chi connectivity index (χ4v) is 1.67. The van der Waals surface area contributed by atoms with E-state index in [4.69, 9.17) is 14.2 Å². The predicted octanol–water partition coefficient (Wildman–Crippen LogP) is 1.44. The molecule has 1 heterocycles. The first-order valence-electron chi connectivity index (χ1n) is 5.28. The maximum Gasteiger partial charge on any atom is 0.131 e. The standard InChI is InChI=1S/C12H17NO3/c1-12(7-13-8-12)16-11-5-9(14-2)4-10(6-11)15-3/h4-6,13H,7-8H2,1-3H3. The smallest absolute Gasteiger partial charge is 0.131 e. The van der Waals surface area contributed by atoms with Crippen molar-refractivity contribution in [2.45, 2.75) is 12.5 Å². The predicted molar refractivity (Wildman–Crippen MR) is 61.4 cm³/mol. The van der Waals surface area contributed by atoms with Crippen LogP contribution >= 0.6 is 0 Å². The van der Waals surface area contributed by atoms with Crippen molar-refractivity contribution in [2.75, 3.05) is 27.3 Å². The zero-order valence-electron chi connectivity index (χ0n) is 9.87. The second-order valence-corrected chi connectivity index (χ2v) is 4.20. The highest BCUT2D eigenvalue weighted by Crippen LogP contribution is 2.30. The van der Waals surface area contributed by atoms with E-state index in [9.17, 15) is 0 Å². The summed E-state index contributed by atoms with van der Waals surface area (Å²) in [5.41, 5.74) is -0.114. The van der Waals surface area contributed by atoms with E-state index in [2.05, 4.69) is 12.2 Å². The molecule has 0 aromatic heterocycles. The molecule has 1 aromatic carbocycles. The van der Waals surface area contributed by atoms with Crippen molar-refractivity contribution < 1.29 is 14.2 Å². The molecule has 0 saturated carbocycles. The molecule has 1 fully saturated rings. The van der Waals surface area contributed by atoms with Crippen molar-refractivity contribution in [3.05, 3.63) is 18.2 Å². The molecule has 0 spiro atoms. The molecular weight excluding hydrogens is 206 g/mol. The largest absolute Gasteiger partial charge is 0.496 e. The van der Waals surface area contributed by atoms with Crippen LogP contribution in [0.15, 0.2) is 18.2 Å². The normalized spacial score (nSPS) is 17.4. The summed E-state index contributed by atoms with van der Waals surface area (Å²) in [5, 5.41) is 3.19.